The molecule has 2 N–H and O–H groups in total. The maximum atomic E-state index is 13.6. The number of rotatable bonds is 6. The molecule has 3 amide bonds. The highest BCUT2D eigenvalue weighted by Crippen LogP contribution is 2.22. The average Bonchev–Trinajstić information content (AvgIpc) is 2.99. The number of hydrogen-bond donors (Lipinski definition) is 2. The van der Waals surface area contributed by atoms with E-state index < -0.39 is 17.7 Å². The van der Waals surface area contributed by atoms with Gasteiger partial charge in [-0.2, -0.15) is 0 Å². The summed E-state index contributed by atoms with van der Waals surface area (Å²) < 4.78 is 13.6. The summed E-state index contributed by atoms with van der Waals surface area (Å²) in [6, 6.07) is 16.1. The number of amides is 3. The van der Waals surface area contributed by atoms with Crippen molar-refractivity contribution in [1.29, 1.82) is 0 Å². The van der Waals surface area contributed by atoms with Crippen LogP contribution in [0.15, 0.2) is 66.9 Å². The predicted molar refractivity (Wildman–Crippen MR) is 108 cm³/mol. The van der Waals surface area contributed by atoms with E-state index in [1.165, 1.54) is 12.3 Å². The van der Waals surface area contributed by atoms with Gasteiger partial charge in [-0.1, -0.05) is 30.3 Å². The molecule has 7 nitrogen and oxygen atoms in total. The second kappa shape index (κ2) is 8.12. The molecule has 8 heteroatoms. The van der Waals surface area contributed by atoms with E-state index in [9.17, 15) is 18.8 Å². The zero-order chi connectivity index (χ0) is 21.1. The molecule has 0 unspecified atom stereocenters. The Kier molecular flexibility index (Phi) is 5.21. The van der Waals surface area contributed by atoms with Gasteiger partial charge in [-0.25, -0.2) is 9.37 Å². The molecule has 0 aliphatic carbocycles. The lowest BCUT2D eigenvalue weighted by Crippen LogP contribution is -2.37. The first kappa shape index (κ1) is 19.3. The third-order valence-electron chi connectivity index (χ3n) is 4.64. The molecule has 0 spiro atoms. The number of anilines is 2. The Bertz CT molecular complexity index is 1100. The number of halogens is 1. The molecule has 3 aromatic rings. The number of nitrogens with one attached hydrogen (secondary N) is 2. The number of carbonyl (C=O) groups excluding carboxylic acids is 3. The molecule has 0 bridgehead atoms. The quantitative estimate of drug-likeness (QED) is 0.616. The zero-order valence-electron chi connectivity index (χ0n) is 15.8. The predicted octanol–water partition coefficient (Wildman–Crippen LogP) is 3.07. The minimum Gasteiger partial charge on any atom is -0.366 e. The molecular formula is C22H17FN4O3. The van der Waals surface area contributed by atoms with E-state index >= 15 is 0 Å². The first-order chi connectivity index (χ1) is 14.5. The number of benzene rings is 2. The van der Waals surface area contributed by atoms with Gasteiger partial charge in [0.15, 0.2) is 0 Å². The van der Waals surface area contributed by atoms with Crippen molar-refractivity contribution in [3.05, 3.63) is 89.4 Å². The van der Waals surface area contributed by atoms with Crippen molar-refractivity contribution in [3.8, 4) is 0 Å². The summed E-state index contributed by atoms with van der Waals surface area (Å²) in [6.45, 7) is -0.120. The van der Waals surface area contributed by atoms with E-state index in [1.807, 2.05) is 0 Å². The normalized spacial score (nSPS) is 12.6. The maximum absolute atomic E-state index is 13.6. The smallest absolute Gasteiger partial charge is 0.262 e. The van der Waals surface area contributed by atoms with Crippen molar-refractivity contribution < 1.29 is 18.8 Å². The molecule has 2 heterocycles. The number of aromatic nitrogens is 1. The molecule has 2 aromatic carbocycles. The molecule has 30 heavy (non-hydrogen) atoms. The van der Waals surface area contributed by atoms with Gasteiger partial charge in [0.25, 0.3) is 11.8 Å². The molecule has 0 fully saturated rings. The first-order valence-corrected chi connectivity index (χ1v) is 9.21. The van der Waals surface area contributed by atoms with E-state index in [2.05, 4.69) is 15.6 Å². The van der Waals surface area contributed by atoms with Gasteiger partial charge < -0.3 is 10.6 Å². The largest absolute Gasteiger partial charge is 0.366 e. The summed E-state index contributed by atoms with van der Waals surface area (Å²) in [5.74, 6) is -1.29. The molecule has 0 saturated heterocycles. The average molecular weight is 404 g/mol. The molecular weight excluding hydrogens is 387 g/mol. The highest BCUT2D eigenvalue weighted by molar-refractivity contribution is 6.22. The fraction of sp³-hybridized carbons (Fsp3) is 0.0909. The van der Waals surface area contributed by atoms with Gasteiger partial charge in [-0.15, -0.1) is 0 Å². The Morgan fingerprint density at radius 1 is 0.933 bits per heavy atom. The van der Waals surface area contributed by atoms with Crippen LogP contribution in [0.3, 0.4) is 0 Å². The van der Waals surface area contributed by atoms with Crippen LogP contribution in [0, 0.1) is 5.82 Å². The molecule has 0 radical (unpaired) electrons. The van der Waals surface area contributed by atoms with Gasteiger partial charge in [0, 0.05) is 12.1 Å². The molecule has 1 aliphatic heterocycles. The van der Waals surface area contributed by atoms with Gasteiger partial charge in [0.05, 0.1) is 23.0 Å². The van der Waals surface area contributed by atoms with Crippen molar-refractivity contribution in [3.63, 3.8) is 0 Å². The van der Waals surface area contributed by atoms with Gasteiger partial charge in [0.1, 0.15) is 18.2 Å². The highest BCUT2D eigenvalue weighted by atomic mass is 19.1. The summed E-state index contributed by atoms with van der Waals surface area (Å²) in [7, 11) is 0. The first-order valence-electron chi connectivity index (χ1n) is 9.21. The number of pyridine rings is 1. The van der Waals surface area contributed by atoms with E-state index in [1.54, 1.807) is 54.6 Å². The third-order valence-corrected chi connectivity index (χ3v) is 4.64. The number of fused-ring (bicyclic) bond motifs is 1. The molecule has 4 rings (SSSR count). The summed E-state index contributed by atoms with van der Waals surface area (Å²) in [5.41, 5.74) is 1.51. The van der Waals surface area contributed by atoms with Crippen LogP contribution >= 0.6 is 0 Å². The van der Waals surface area contributed by atoms with Crippen LogP contribution in [-0.4, -0.2) is 34.2 Å². The van der Waals surface area contributed by atoms with Crippen LogP contribution < -0.4 is 10.6 Å². The van der Waals surface area contributed by atoms with E-state index in [4.69, 9.17) is 0 Å². The Morgan fingerprint density at radius 3 is 2.23 bits per heavy atom. The summed E-state index contributed by atoms with van der Waals surface area (Å²) >= 11 is 0. The standard InChI is InChI=1S/C22H17FN4O3/c23-18-8-4-1-5-14(18)11-24-19-10-9-15(12-25-19)26-20(28)13-27-21(29)16-6-2-3-7-17(16)22(27)30/h1-10,12H,11,13H2,(H,24,25)(H,26,28). The summed E-state index contributed by atoms with van der Waals surface area (Å²) in [4.78, 5) is 42.1. The number of carbonyl (C=O) groups is 3. The Morgan fingerprint density at radius 2 is 1.60 bits per heavy atom. The fourth-order valence-corrected chi connectivity index (χ4v) is 3.13. The molecule has 1 aromatic heterocycles. The topological polar surface area (TPSA) is 91.4 Å². The van der Waals surface area contributed by atoms with E-state index in [0.29, 0.717) is 28.2 Å². The maximum Gasteiger partial charge on any atom is 0.262 e. The molecule has 0 atom stereocenters. The monoisotopic (exact) mass is 404 g/mol. The minimum absolute atomic E-state index is 0.269. The lowest BCUT2D eigenvalue weighted by atomic mass is 10.1. The Hall–Kier alpha value is -4.07. The van der Waals surface area contributed by atoms with Crippen LogP contribution in [0.1, 0.15) is 26.3 Å². The lowest BCUT2D eigenvalue weighted by molar-refractivity contribution is -0.116. The van der Waals surface area contributed by atoms with Gasteiger partial charge >= 0.3 is 0 Å². The molecule has 1 aliphatic rings. The van der Waals surface area contributed by atoms with Crippen molar-refractivity contribution in [2.45, 2.75) is 6.54 Å². The highest BCUT2D eigenvalue weighted by Gasteiger charge is 2.36. The third kappa shape index (κ3) is 3.88. The number of imide groups is 1. The lowest BCUT2D eigenvalue weighted by Gasteiger charge is -2.13. The van der Waals surface area contributed by atoms with Gasteiger partial charge in [0.2, 0.25) is 5.91 Å². The van der Waals surface area contributed by atoms with Crippen LogP contribution in [-0.2, 0) is 11.3 Å². The van der Waals surface area contributed by atoms with Crippen molar-refractivity contribution in [2.24, 2.45) is 0 Å². The molecule has 150 valence electrons. The van der Waals surface area contributed by atoms with E-state index in [0.717, 1.165) is 4.90 Å². The van der Waals surface area contributed by atoms with E-state index in [-0.39, 0.29) is 18.9 Å². The SMILES string of the molecule is O=C(CN1C(=O)c2ccccc2C1=O)Nc1ccc(NCc2ccccc2F)nc1. The zero-order valence-corrected chi connectivity index (χ0v) is 15.8. The second-order valence-electron chi connectivity index (χ2n) is 6.67. The second-order valence-corrected chi connectivity index (χ2v) is 6.67. The fourth-order valence-electron chi connectivity index (χ4n) is 3.13. The van der Waals surface area contributed by atoms with Crippen LogP contribution in [0.25, 0.3) is 0 Å². The van der Waals surface area contributed by atoms with Crippen LogP contribution in [0.4, 0.5) is 15.9 Å². The Labute approximate surface area is 171 Å². The number of nitrogens with zero attached hydrogens (tertiary/aromatic N) is 2. The Balaban J connectivity index is 1.34. The number of hydrogen-bond acceptors (Lipinski definition) is 5. The van der Waals surface area contributed by atoms with Crippen molar-refractivity contribution >= 4 is 29.2 Å². The van der Waals surface area contributed by atoms with Crippen molar-refractivity contribution in [2.75, 3.05) is 17.2 Å². The van der Waals surface area contributed by atoms with Crippen LogP contribution in [0.2, 0.25) is 0 Å². The van der Waals surface area contributed by atoms with Gasteiger partial charge in [-0.3, -0.25) is 19.3 Å². The summed E-state index contributed by atoms with van der Waals surface area (Å²) in [5, 5.41) is 5.61. The van der Waals surface area contributed by atoms with Crippen LogP contribution in [0.5, 0.6) is 0 Å². The minimum atomic E-state index is -0.515. The summed E-state index contributed by atoms with van der Waals surface area (Å²) in [6.07, 6.45) is 1.43. The van der Waals surface area contributed by atoms with Crippen molar-refractivity contribution in [1.82, 2.24) is 9.88 Å². The van der Waals surface area contributed by atoms with Gasteiger partial charge in [-0.05, 0) is 30.3 Å². The molecule has 0 saturated carbocycles.